The lowest BCUT2D eigenvalue weighted by molar-refractivity contribution is -0.133. The number of alkyl halides is 3. The van der Waals surface area contributed by atoms with Crippen LogP contribution in [0.25, 0.3) is 0 Å². The summed E-state index contributed by atoms with van der Waals surface area (Å²) >= 11 is 0. The third-order valence-corrected chi connectivity index (χ3v) is 0.681. The lowest BCUT2D eigenvalue weighted by Crippen LogP contribution is -2.26. The molecule has 5 heteroatoms. The van der Waals surface area contributed by atoms with Crippen LogP contribution in [0.5, 0.6) is 0 Å². The van der Waals surface area contributed by atoms with Crippen LogP contribution in [0.3, 0.4) is 0 Å². The molecule has 0 aromatic rings. The fourth-order valence-corrected chi connectivity index (χ4v) is 0.283. The van der Waals surface area contributed by atoms with Gasteiger partial charge in [0.1, 0.15) is 6.21 Å². The number of rotatable bonds is 0. The van der Waals surface area contributed by atoms with Crippen molar-refractivity contribution >= 4 is 6.21 Å². The zero-order valence-electron chi connectivity index (χ0n) is 3.64. The predicted octanol–water partition coefficient (Wildman–Crippen LogP) is 0.933. The van der Waals surface area contributed by atoms with Gasteiger partial charge < -0.3 is 4.84 Å². The first-order valence-corrected chi connectivity index (χ1v) is 1.85. The van der Waals surface area contributed by atoms with Crippen LogP contribution in [0, 0.1) is 0 Å². The molecule has 46 valence electrons. The summed E-state index contributed by atoms with van der Waals surface area (Å²) in [5.74, 6) is -3.53. The van der Waals surface area contributed by atoms with Crippen molar-refractivity contribution in [3.05, 3.63) is 0 Å². The van der Waals surface area contributed by atoms with Crippen LogP contribution in [0.1, 0.15) is 0 Å². The topological polar surface area (TPSA) is 21.6 Å². The van der Waals surface area contributed by atoms with Crippen LogP contribution in [-0.2, 0) is 4.84 Å². The van der Waals surface area contributed by atoms with Gasteiger partial charge in [0.05, 0.1) is 0 Å². The quantitative estimate of drug-likeness (QED) is 0.472. The Bertz CT molecular complexity index is 124. The SMILES string of the molecule is FC1ON=CC1(F)F. The third kappa shape index (κ3) is 0.635. The summed E-state index contributed by atoms with van der Waals surface area (Å²) in [6.45, 7) is 0. The maximum absolute atomic E-state index is 11.7. The first-order valence-electron chi connectivity index (χ1n) is 1.85. The fourth-order valence-electron chi connectivity index (χ4n) is 0.283. The van der Waals surface area contributed by atoms with E-state index >= 15 is 0 Å². The molecule has 0 saturated carbocycles. The minimum absolute atomic E-state index is 0.137. The molecular formula is C3H2F3NO. The second-order valence-electron chi connectivity index (χ2n) is 1.33. The van der Waals surface area contributed by atoms with E-state index in [1.165, 1.54) is 0 Å². The molecule has 0 bridgehead atoms. The summed E-state index contributed by atoms with van der Waals surface area (Å²) in [4.78, 5) is 3.52. The van der Waals surface area contributed by atoms with Crippen molar-refractivity contribution < 1.29 is 18.0 Å². The second kappa shape index (κ2) is 1.37. The third-order valence-electron chi connectivity index (χ3n) is 0.681. The van der Waals surface area contributed by atoms with Crippen molar-refractivity contribution in [1.82, 2.24) is 0 Å². The van der Waals surface area contributed by atoms with Crippen molar-refractivity contribution in [2.24, 2.45) is 5.16 Å². The Kier molecular flexibility index (Phi) is 0.922. The normalized spacial score (nSPS) is 32.6. The van der Waals surface area contributed by atoms with Crippen molar-refractivity contribution in [3.63, 3.8) is 0 Å². The van der Waals surface area contributed by atoms with E-state index in [1.54, 1.807) is 0 Å². The molecule has 0 spiro atoms. The molecule has 0 aliphatic carbocycles. The molecule has 1 aliphatic heterocycles. The molecule has 8 heavy (non-hydrogen) atoms. The van der Waals surface area contributed by atoms with Crippen LogP contribution >= 0.6 is 0 Å². The maximum atomic E-state index is 11.7. The molecule has 0 radical (unpaired) electrons. The zero-order valence-corrected chi connectivity index (χ0v) is 3.64. The minimum Gasteiger partial charge on any atom is -0.352 e. The summed E-state index contributed by atoms with van der Waals surface area (Å²) in [6, 6.07) is 0. The molecule has 1 aliphatic rings. The highest BCUT2D eigenvalue weighted by Gasteiger charge is 2.45. The molecule has 1 heterocycles. The number of hydrogen-bond acceptors (Lipinski definition) is 2. The van der Waals surface area contributed by atoms with Gasteiger partial charge in [-0.05, 0) is 0 Å². The Morgan fingerprint density at radius 3 is 2.38 bits per heavy atom. The van der Waals surface area contributed by atoms with Gasteiger partial charge in [-0.2, -0.15) is 13.2 Å². The lowest BCUT2D eigenvalue weighted by atomic mass is 10.4. The van der Waals surface area contributed by atoms with Crippen molar-refractivity contribution in [2.45, 2.75) is 12.3 Å². The first kappa shape index (κ1) is 5.40. The van der Waals surface area contributed by atoms with Gasteiger partial charge in [0.2, 0.25) is 0 Å². The lowest BCUT2D eigenvalue weighted by Gasteiger charge is -2.03. The highest BCUT2D eigenvalue weighted by Crippen LogP contribution is 2.24. The van der Waals surface area contributed by atoms with Gasteiger partial charge in [-0.15, -0.1) is 0 Å². The first-order chi connectivity index (χ1) is 3.63. The zero-order chi connectivity index (χ0) is 6.20. The van der Waals surface area contributed by atoms with Crippen molar-refractivity contribution in [3.8, 4) is 0 Å². The van der Waals surface area contributed by atoms with Gasteiger partial charge in [0, 0.05) is 0 Å². The van der Waals surface area contributed by atoms with Crippen LogP contribution in [0.4, 0.5) is 13.2 Å². The highest BCUT2D eigenvalue weighted by atomic mass is 19.3. The standard InChI is InChI=1S/C3H2F3NO/c4-2-3(5,6)1-7-8-2/h1-2H. The van der Waals surface area contributed by atoms with Crippen LogP contribution < -0.4 is 0 Å². The van der Waals surface area contributed by atoms with Gasteiger partial charge in [0.15, 0.2) is 0 Å². The maximum Gasteiger partial charge on any atom is 0.353 e. The van der Waals surface area contributed by atoms with Gasteiger partial charge in [-0.25, -0.2) is 0 Å². The van der Waals surface area contributed by atoms with Crippen molar-refractivity contribution in [2.75, 3.05) is 0 Å². The summed E-state index contributed by atoms with van der Waals surface area (Å²) in [5, 5.41) is 2.57. The van der Waals surface area contributed by atoms with Gasteiger partial charge in [-0.1, -0.05) is 5.16 Å². The van der Waals surface area contributed by atoms with E-state index < -0.39 is 12.3 Å². The summed E-state index contributed by atoms with van der Waals surface area (Å²) in [7, 11) is 0. The fraction of sp³-hybridized carbons (Fsp3) is 0.667. The molecule has 1 atom stereocenters. The van der Waals surface area contributed by atoms with E-state index in [1.807, 2.05) is 0 Å². The van der Waals surface area contributed by atoms with Crippen LogP contribution in [-0.4, -0.2) is 18.5 Å². The Morgan fingerprint density at radius 1 is 1.62 bits per heavy atom. The second-order valence-corrected chi connectivity index (χ2v) is 1.33. The molecule has 0 amide bonds. The smallest absolute Gasteiger partial charge is 0.352 e. The molecule has 0 aromatic carbocycles. The Balaban J connectivity index is 2.67. The predicted molar refractivity (Wildman–Crippen MR) is 19.4 cm³/mol. The molecule has 0 saturated heterocycles. The average molecular weight is 125 g/mol. The highest BCUT2D eigenvalue weighted by molar-refractivity contribution is 5.67. The van der Waals surface area contributed by atoms with Crippen molar-refractivity contribution in [1.29, 1.82) is 0 Å². The molecule has 1 unspecified atom stereocenters. The monoisotopic (exact) mass is 125 g/mol. The molecule has 2 nitrogen and oxygen atoms in total. The van der Waals surface area contributed by atoms with E-state index in [4.69, 9.17) is 0 Å². The van der Waals surface area contributed by atoms with E-state index in [-0.39, 0.29) is 6.21 Å². The number of halogens is 3. The Morgan fingerprint density at radius 2 is 2.25 bits per heavy atom. The number of oxime groups is 1. The number of nitrogens with zero attached hydrogens (tertiary/aromatic N) is 1. The summed E-state index contributed by atoms with van der Waals surface area (Å²) in [5.41, 5.74) is 0. The molecule has 0 aromatic heterocycles. The summed E-state index contributed by atoms with van der Waals surface area (Å²) < 4.78 is 35.0. The largest absolute Gasteiger partial charge is 0.353 e. The van der Waals surface area contributed by atoms with E-state index in [0.29, 0.717) is 0 Å². The molecule has 0 fully saturated rings. The molecular weight excluding hydrogens is 123 g/mol. The molecule has 1 rings (SSSR count). The minimum atomic E-state index is -3.53. The van der Waals surface area contributed by atoms with Gasteiger partial charge in [-0.3, -0.25) is 0 Å². The van der Waals surface area contributed by atoms with Gasteiger partial charge in [0.25, 0.3) is 0 Å². The Labute approximate surface area is 42.9 Å². The Hall–Kier alpha value is -0.740. The average Bonchev–Trinajstić information content (AvgIpc) is 1.86. The summed E-state index contributed by atoms with van der Waals surface area (Å²) in [6.07, 6.45) is -2.46. The van der Waals surface area contributed by atoms with Gasteiger partial charge >= 0.3 is 12.3 Å². The number of hydrogen-bond donors (Lipinski definition) is 0. The van der Waals surface area contributed by atoms with E-state index in [2.05, 4.69) is 9.99 Å². The van der Waals surface area contributed by atoms with E-state index in [9.17, 15) is 13.2 Å². The van der Waals surface area contributed by atoms with Crippen LogP contribution in [0.15, 0.2) is 5.16 Å². The van der Waals surface area contributed by atoms with E-state index in [0.717, 1.165) is 0 Å². The molecule has 0 N–H and O–H groups in total. The van der Waals surface area contributed by atoms with Crippen LogP contribution in [0.2, 0.25) is 0 Å².